The Morgan fingerprint density at radius 3 is 2.45 bits per heavy atom. The summed E-state index contributed by atoms with van der Waals surface area (Å²) in [5, 5.41) is 6.56. The van der Waals surface area contributed by atoms with Crippen LogP contribution in [0.5, 0.6) is 5.75 Å². The number of rotatable bonds is 8. The quantitative estimate of drug-likeness (QED) is 0.443. The van der Waals surface area contributed by atoms with E-state index in [-0.39, 0.29) is 0 Å². The van der Waals surface area contributed by atoms with E-state index in [0.717, 1.165) is 29.2 Å². The van der Waals surface area contributed by atoms with Crippen molar-refractivity contribution >= 4 is 5.96 Å². The second kappa shape index (κ2) is 10.3. The van der Waals surface area contributed by atoms with Gasteiger partial charge < -0.3 is 19.8 Å². The molecule has 6 nitrogen and oxygen atoms in total. The predicted molar refractivity (Wildman–Crippen MR) is 116 cm³/mol. The standard InChI is InChI=1S/C23H28N4O2/c1-17(2)15-28-21-11-9-18(10-12-21)13-25-23(24-3)26-14-20-16-29-22(27-20)19-7-5-4-6-8-19/h4-12,16-17H,13-15H2,1-3H3,(H2,24,25,26). The van der Waals surface area contributed by atoms with E-state index in [9.17, 15) is 0 Å². The van der Waals surface area contributed by atoms with Crippen LogP contribution in [-0.2, 0) is 13.1 Å². The molecule has 2 N–H and O–H groups in total. The van der Waals surface area contributed by atoms with Crippen molar-refractivity contribution in [3.8, 4) is 17.2 Å². The number of hydrogen-bond acceptors (Lipinski definition) is 4. The molecule has 1 heterocycles. The molecule has 152 valence electrons. The van der Waals surface area contributed by atoms with E-state index in [1.54, 1.807) is 13.3 Å². The molecule has 0 bridgehead atoms. The molecule has 3 rings (SSSR count). The molecule has 0 amide bonds. The predicted octanol–water partition coefficient (Wildman–Crippen LogP) is 4.24. The second-order valence-electron chi connectivity index (χ2n) is 7.14. The molecule has 0 aliphatic heterocycles. The fourth-order valence-corrected chi connectivity index (χ4v) is 2.65. The number of nitrogens with one attached hydrogen (secondary N) is 2. The molecule has 2 aromatic carbocycles. The Labute approximate surface area is 172 Å². The molecular formula is C23H28N4O2. The number of oxazole rings is 1. The summed E-state index contributed by atoms with van der Waals surface area (Å²) in [4.78, 5) is 8.78. The molecule has 0 aliphatic rings. The molecule has 0 fully saturated rings. The molecule has 0 radical (unpaired) electrons. The van der Waals surface area contributed by atoms with Crippen LogP contribution in [0.15, 0.2) is 70.3 Å². The number of guanidine groups is 1. The van der Waals surface area contributed by atoms with E-state index >= 15 is 0 Å². The third kappa shape index (κ3) is 6.38. The van der Waals surface area contributed by atoms with Gasteiger partial charge in [-0.15, -0.1) is 0 Å². The summed E-state index contributed by atoms with van der Waals surface area (Å²) in [7, 11) is 1.75. The van der Waals surface area contributed by atoms with Gasteiger partial charge in [-0.05, 0) is 35.7 Å². The van der Waals surface area contributed by atoms with Gasteiger partial charge in [-0.2, -0.15) is 0 Å². The molecule has 0 spiro atoms. The maximum Gasteiger partial charge on any atom is 0.226 e. The monoisotopic (exact) mass is 392 g/mol. The zero-order valence-electron chi connectivity index (χ0n) is 17.2. The minimum Gasteiger partial charge on any atom is -0.493 e. The minimum atomic E-state index is 0.513. The highest BCUT2D eigenvalue weighted by Gasteiger charge is 2.07. The molecule has 3 aromatic rings. The van der Waals surface area contributed by atoms with Crippen molar-refractivity contribution < 1.29 is 9.15 Å². The van der Waals surface area contributed by atoms with Crippen LogP contribution < -0.4 is 15.4 Å². The first kappa shape index (κ1) is 20.5. The summed E-state index contributed by atoms with van der Waals surface area (Å²) >= 11 is 0. The third-order valence-corrected chi connectivity index (χ3v) is 4.20. The highest BCUT2D eigenvalue weighted by molar-refractivity contribution is 5.79. The summed E-state index contributed by atoms with van der Waals surface area (Å²) in [5.41, 5.74) is 2.93. The van der Waals surface area contributed by atoms with Gasteiger partial charge in [-0.25, -0.2) is 4.98 Å². The van der Waals surface area contributed by atoms with Gasteiger partial charge in [-0.3, -0.25) is 4.99 Å². The molecule has 0 saturated heterocycles. The van der Waals surface area contributed by atoms with Crippen LogP contribution in [0.3, 0.4) is 0 Å². The van der Waals surface area contributed by atoms with Crippen LogP contribution in [0, 0.1) is 5.92 Å². The van der Waals surface area contributed by atoms with E-state index in [0.29, 0.717) is 30.9 Å². The molecule has 29 heavy (non-hydrogen) atoms. The first-order valence-corrected chi connectivity index (χ1v) is 9.80. The lowest BCUT2D eigenvalue weighted by atomic mass is 10.2. The van der Waals surface area contributed by atoms with Gasteiger partial charge in [-0.1, -0.05) is 44.2 Å². The number of nitrogens with zero attached hydrogens (tertiary/aromatic N) is 2. The lowest BCUT2D eigenvalue weighted by Gasteiger charge is -2.12. The number of ether oxygens (including phenoxy) is 1. The molecule has 0 saturated carbocycles. The van der Waals surface area contributed by atoms with Crippen molar-refractivity contribution in [3.05, 3.63) is 72.1 Å². The first-order chi connectivity index (χ1) is 14.1. The maximum atomic E-state index is 5.72. The van der Waals surface area contributed by atoms with Gasteiger partial charge in [0.1, 0.15) is 12.0 Å². The number of hydrogen-bond donors (Lipinski definition) is 2. The summed E-state index contributed by atoms with van der Waals surface area (Å²) in [6.07, 6.45) is 1.67. The van der Waals surface area contributed by atoms with Crippen molar-refractivity contribution in [1.82, 2.24) is 15.6 Å². The molecule has 0 atom stereocenters. The van der Waals surface area contributed by atoms with E-state index in [2.05, 4.69) is 46.6 Å². The van der Waals surface area contributed by atoms with Gasteiger partial charge in [0.25, 0.3) is 0 Å². The summed E-state index contributed by atoms with van der Waals surface area (Å²) in [6, 6.07) is 18.0. The van der Waals surface area contributed by atoms with Crippen molar-refractivity contribution in [3.63, 3.8) is 0 Å². The highest BCUT2D eigenvalue weighted by Crippen LogP contribution is 2.17. The molecule has 1 aromatic heterocycles. The Morgan fingerprint density at radius 1 is 1.03 bits per heavy atom. The Kier molecular flexibility index (Phi) is 7.28. The van der Waals surface area contributed by atoms with Crippen LogP contribution in [0.1, 0.15) is 25.1 Å². The van der Waals surface area contributed by atoms with Gasteiger partial charge in [0.05, 0.1) is 18.8 Å². The zero-order valence-corrected chi connectivity index (χ0v) is 17.2. The topological polar surface area (TPSA) is 71.7 Å². The SMILES string of the molecule is CN=C(NCc1ccc(OCC(C)C)cc1)NCc1coc(-c2ccccc2)n1. The van der Waals surface area contributed by atoms with Gasteiger partial charge in [0.15, 0.2) is 5.96 Å². The van der Waals surface area contributed by atoms with E-state index < -0.39 is 0 Å². The minimum absolute atomic E-state index is 0.513. The van der Waals surface area contributed by atoms with Crippen LogP contribution in [-0.4, -0.2) is 24.6 Å². The van der Waals surface area contributed by atoms with Crippen LogP contribution >= 0.6 is 0 Å². The molecule has 0 aliphatic carbocycles. The van der Waals surface area contributed by atoms with Crippen molar-refractivity contribution in [2.45, 2.75) is 26.9 Å². The Hall–Kier alpha value is -3.28. The molecule has 0 unspecified atom stereocenters. The Balaban J connectivity index is 1.47. The molecule has 6 heteroatoms. The van der Waals surface area contributed by atoms with Crippen molar-refractivity contribution in [2.75, 3.05) is 13.7 Å². The smallest absolute Gasteiger partial charge is 0.226 e. The highest BCUT2D eigenvalue weighted by atomic mass is 16.5. The lowest BCUT2D eigenvalue weighted by molar-refractivity contribution is 0.271. The van der Waals surface area contributed by atoms with E-state index in [4.69, 9.17) is 9.15 Å². The fraction of sp³-hybridized carbons (Fsp3) is 0.304. The van der Waals surface area contributed by atoms with Crippen molar-refractivity contribution in [1.29, 1.82) is 0 Å². The summed E-state index contributed by atoms with van der Waals surface area (Å²) in [5.74, 6) is 2.73. The Morgan fingerprint density at radius 2 is 1.76 bits per heavy atom. The maximum absolute atomic E-state index is 5.72. The first-order valence-electron chi connectivity index (χ1n) is 9.80. The van der Waals surface area contributed by atoms with Crippen LogP contribution in [0.4, 0.5) is 0 Å². The van der Waals surface area contributed by atoms with E-state index in [1.165, 1.54) is 0 Å². The van der Waals surface area contributed by atoms with Gasteiger partial charge in [0, 0.05) is 19.2 Å². The third-order valence-electron chi connectivity index (χ3n) is 4.20. The van der Waals surface area contributed by atoms with Crippen molar-refractivity contribution in [2.24, 2.45) is 10.9 Å². The summed E-state index contributed by atoms with van der Waals surface area (Å²) < 4.78 is 11.3. The van der Waals surface area contributed by atoms with E-state index in [1.807, 2.05) is 42.5 Å². The largest absolute Gasteiger partial charge is 0.493 e. The average molecular weight is 393 g/mol. The number of aliphatic imine (C=N–C) groups is 1. The van der Waals surface area contributed by atoms with Crippen LogP contribution in [0.25, 0.3) is 11.5 Å². The summed E-state index contributed by atoms with van der Waals surface area (Å²) in [6.45, 7) is 6.19. The van der Waals surface area contributed by atoms with Crippen LogP contribution in [0.2, 0.25) is 0 Å². The van der Waals surface area contributed by atoms with Gasteiger partial charge in [0.2, 0.25) is 5.89 Å². The van der Waals surface area contributed by atoms with Gasteiger partial charge >= 0.3 is 0 Å². The normalized spacial score (nSPS) is 11.5. The second-order valence-corrected chi connectivity index (χ2v) is 7.14. The average Bonchev–Trinajstić information content (AvgIpc) is 3.23. The lowest BCUT2D eigenvalue weighted by Crippen LogP contribution is -2.36. The Bertz CT molecular complexity index is 902. The number of benzene rings is 2. The fourth-order valence-electron chi connectivity index (χ4n) is 2.65. The number of aromatic nitrogens is 1. The molecular weight excluding hydrogens is 364 g/mol. The zero-order chi connectivity index (χ0) is 20.5.